The molecule has 1 aliphatic carbocycles. The van der Waals surface area contributed by atoms with Crippen molar-refractivity contribution in [3.05, 3.63) is 34.9 Å². The fourth-order valence-electron chi connectivity index (χ4n) is 3.54. The molecule has 2 fully saturated rings. The third-order valence-corrected chi connectivity index (χ3v) is 5.03. The maximum atomic E-state index is 12.6. The van der Waals surface area contributed by atoms with Gasteiger partial charge in [0.25, 0.3) is 0 Å². The van der Waals surface area contributed by atoms with Crippen molar-refractivity contribution in [2.45, 2.75) is 56.5 Å². The first-order chi connectivity index (χ1) is 10.6. The lowest BCUT2D eigenvalue weighted by molar-refractivity contribution is -0.127. The van der Waals surface area contributed by atoms with Crippen LogP contribution in [0.15, 0.2) is 24.3 Å². The zero-order chi connectivity index (χ0) is 15.6. The third-order valence-electron chi connectivity index (χ3n) is 4.78. The quantitative estimate of drug-likeness (QED) is 0.899. The van der Waals surface area contributed by atoms with Crippen LogP contribution >= 0.6 is 11.6 Å². The maximum absolute atomic E-state index is 12.6. The fraction of sp³-hybridized carbons (Fsp3) is 0.529. The monoisotopic (exact) mass is 320 g/mol. The molecular weight excluding hydrogens is 300 g/mol. The largest absolute Gasteiger partial charge is 0.345 e. The highest BCUT2D eigenvalue weighted by Crippen LogP contribution is 2.37. The highest BCUT2D eigenvalue weighted by atomic mass is 35.5. The van der Waals surface area contributed by atoms with Gasteiger partial charge in [0.15, 0.2) is 0 Å². The molecule has 118 valence electrons. The molecular formula is C17H21ClN2O2. The summed E-state index contributed by atoms with van der Waals surface area (Å²) >= 11 is 5.99. The van der Waals surface area contributed by atoms with E-state index in [0.717, 1.165) is 31.2 Å². The van der Waals surface area contributed by atoms with Crippen molar-refractivity contribution < 1.29 is 9.59 Å². The summed E-state index contributed by atoms with van der Waals surface area (Å²) in [5.74, 6) is -0.105. The number of carbonyl (C=O) groups is 2. The lowest BCUT2D eigenvalue weighted by Crippen LogP contribution is -2.52. The fourth-order valence-corrected chi connectivity index (χ4v) is 3.67. The Balaban J connectivity index is 1.81. The van der Waals surface area contributed by atoms with E-state index in [4.69, 9.17) is 11.6 Å². The van der Waals surface area contributed by atoms with Gasteiger partial charge in [-0.3, -0.25) is 9.59 Å². The summed E-state index contributed by atoms with van der Waals surface area (Å²) < 4.78 is 0. The van der Waals surface area contributed by atoms with E-state index in [2.05, 4.69) is 10.6 Å². The van der Waals surface area contributed by atoms with E-state index in [1.165, 1.54) is 6.42 Å². The van der Waals surface area contributed by atoms with E-state index < -0.39 is 6.04 Å². The van der Waals surface area contributed by atoms with Crippen LogP contribution in [0.4, 0.5) is 0 Å². The molecule has 0 radical (unpaired) electrons. The van der Waals surface area contributed by atoms with Crippen LogP contribution in [0.5, 0.6) is 0 Å². The van der Waals surface area contributed by atoms with Crippen LogP contribution in [-0.2, 0) is 15.1 Å². The second-order valence-electron chi connectivity index (χ2n) is 6.30. The minimum Gasteiger partial charge on any atom is -0.345 e. The van der Waals surface area contributed by atoms with Gasteiger partial charge in [-0.25, -0.2) is 0 Å². The van der Waals surface area contributed by atoms with Gasteiger partial charge in [0, 0.05) is 11.4 Å². The zero-order valence-corrected chi connectivity index (χ0v) is 13.3. The number of carbonyl (C=O) groups excluding carboxylic acids is 2. The van der Waals surface area contributed by atoms with Crippen LogP contribution in [0.3, 0.4) is 0 Å². The maximum Gasteiger partial charge on any atom is 0.243 e. The molecule has 0 unspecified atom stereocenters. The highest BCUT2D eigenvalue weighted by molar-refractivity contribution is 6.30. The molecule has 5 heteroatoms. The van der Waals surface area contributed by atoms with Gasteiger partial charge >= 0.3 is 0 Å². The van der Waals surface area contributed by atoms with Gasteiger partial charge in [-0.1, -0.05) is 43.0 Å². The molecule has 1 saturated carbocycles. The molecule has 1 aromatic carbocycles. The Hall–Kier alpha value is -1.55. The SMILES string of the molecule is O=C1CC[C@H](C(=O)NC2(c3ccc(Cl)cc3)CCCCC2)N1. The number of hydrogen-bond donors (Lipinski definition) is 2. The van der Waals surface area contributed by atoms with Gasteiger partial charge in [0.1, 0.15) is 6.04 Å². The first-order valence-electron chi connectivity index (χ1n) is 7.96. The molecule has 3 rings (SSSR count). The minimum atomic E-state index is -0.390. The lowest BCUT2D eigenvalue weighted by Gasteiger charge is -2.39. The zero-order valence-electron chi connectivity index (χ0n) is 12.5. The van der Waals surface area contributed by atoms with Crippen molar-refractivity contribution in [1.82, 2.24) is 10.6 Å². The highest BCUT2D eigenvalue weighted by Gasteiger charge is 2.38. The molecule has 0 spiro atoms. The molecule has 2 N–H and O–H groups in total. The van der Waals surface area contributed by atoms with Gasteiger partial charge in [-0.2, -0.15) is 0 Å². The second-order valence-corrected chi connectivity index (χ2v) is 6.73. The summed E-state index contributed by atoms with van der Waals surface area (Å²) in [5.41, 5.74) is 0.780. The average Bonchev–Trinajstić information content (AvgIpc) is 2.95. The Labute approximate surface area is 135 Å². The molecule has 1 aliphatic heterocycles. The summed E-state index contributed by atoms with van der Waals surface area (Å²) in [6.07, 6.45) is 6.28. The van der Waals surface area contributed by atoms with Crippen molar-refractivity contribution in [2.75, 3.05) is 0 Å². The number of rotatable bonds is 3. The molecule has 0 bridgehead atoms. The van der Waals surface area contributed by atoms with E-state index in [9.17, 15) is 9.59 Å². The Morgan fingerprint density at radius 2 is 1.86 bits per heavy atom. The number of nitrogens with one attached hydrogen (secondary N) is 2. The summed E-state index contributed by atoms with van der Waals surface area (Å²) in [7, 11) is 0. The molecule has 0 aromatic heterocycles. The van der Waals surface area contributed by atoms with Crippen molar-refractivity contribution in [1.29, 1.82) is 0 Å². The van der Waals surface area contributed by atoms with Crippen molar-refractivity contribution in [3.8, 4) is 0 Å². The number of halogens is 1. The number of hydrogen-bond acceptors (Lipinski definition) is 2. The van der Waals surface area contributed by atoms with Crippen LogP contribution < -0.4 is 10.6 Å². The van der Waals surface area contributed by atoms with E-state index in [1.54, 1.807) is 0 Å². The first kappa shape index (κ1) is 15.3. The molecule has 1 saturated heterocycles. The number of benzene rings is 1. The molecule has 4 nitrogen and oxygen atoms in total. The predicted octanol–water partition coefficient (Wildman–Crippen LogP) is 2.89. The number of amides is 2. The van der Waals surface area contributed by atoms with Crippen molar-refractivity contribution in [3.63, 3.8) is 0 Å². The Bertz CT molecular complexity index is 565. The summed E-state index contributed by atoms with van der Waals surface area (Å²) in [5, 5.41) is 6.68. The summed E-state index contributed by atoms with van der Waals surface area (Å²) in [6, 6.07) is 7.36. The van der Waals surface area contributed by atoms with Gasteiger partial charge in [0.2, 0.25) is 11.8 Å². The minimum absolute atomic E-state index is 0.0377. The van der Waals surface area contributed by atoms with E-state index in [1.807, 2.05) is 24.3 Å². The molecule has 2 aliphatic rings. The lowest BCUT2D eigenvalue weighted by atomic mass is 9.76. The summed E-state index contributed by atoms with van der Waals surface area (Å²) in [4.78, 5) is 23.9. The van der Waals surface area contributed by atoms with Gasteiger partial charge in [-0.15, -0.1) is 0 Å². The van der Waals surface area contributed by atoms with Crippen molar-refractivity contribution >= 4 is 23.4 Å². The smallest absolute Gasteiger partial charge is 0.243 e. The van der Waals surface area contributed by atoms with Crippen LogP contribution in [0, 0.1) is 0 Å². The second kappa shape index (κ2) is 6.29. The van der Waals surface area contributed by atoms with Crippen LogP contribution in [0.25, 0.3) is 0 Å². The van der Waals surface area contributed by atoms with Gasteiger partial charge < -0.3 is 10.6 Å². The Morgan fingerprint density at radius 1 is 1.18 bits per heavy atom. The first-order valence-corrected chi connectivity index (χ1v) is 8.34. The average molecular weight is 321 g/mol. The summed E-state index contributed by atoms with van der Waals surface area (Å²) in [6.45, 7) is 0. The molecule has 22 heavy (non-hydrogen) atoms. The van der Waals surface area contributed by atoms with E-state index in [0.29, 0.717) is 17.9 Å². The van der Waals surface area contributed by atoms with Crippen LogP contribution in [0.1, 0.15) is 50.5 Å². The van der Waals surface area contributed by atoms with Crippen molar-refractivity contribution in [2.24, 2.45) is 0 Å². The standard InChI is InChI=1S/C17H21ClN2O2/c18-13-6-4-12(5-7-13)17(10-2-1-3-11-17)20-16(22)14-8-9-15(21)19-14/h4-7,14H,1-3,8-11H2,(H,19,21)(H,20,22)/t14-/m1/s1. The Morgan fingerprint density at radius 3 is 2.45 bits per heavy atom. The van der Waals surface area contributed by atoms with Gasteiger partial charge in [0.05, 0.1) is 5.54 Å². The van der Waals surface area contributed by atoms with E-state index in [-0.39, 0.29) is 17.4 Å². The van der Waals surface area contributed by atoms with E-state index >= 15 is 0 Å². The third kappa shape index (κ3) is 3.12. The van der Waals surface area contributed by atoms with Crippen LogP contribution in [0.2, 0.25) is 5.02 Å². The predicted molar refractivity (Wildman–Crippen MR) is 85.5 cm³/mol. The topological polar surface area (TPSA) is 58.2 Å². The van der Waals surface area contributed by atoms with Gasteiger partial charge in [-0.05, 0) is 37.0 Å². The molecule has 1 heterocycles. The molecule has 1 atom stereocenters. The Kier molecular flexibility index (Phi) is 4.39. The molecule has 1 aromatic rings. The van der Waals surface area contributed by atoms with Crippen LogP contribution in [-0.4, -0.2) is 17.9 Å². The molecule has 2 amide bonds. The normalized spacial score (nSPS) is 23.9.